The number of ether oxygens (including phenoxy) is 2. The molecule has 0 aliphatic heterocycles. The molecule has 2 aromatic rings. The van der Waals surface area contributed by atoms with Crippen molar-refractivity contribution in [3.63, 3.8) is 0 Å². The SMILES string of the molecule is COc1ccc(C(=O)O)c(OCc2ccc(C)c(C)c2)c1. The van der Waals surface area contributed by atoms with Gasteiger partial charge in [-0.3, -0.25) is 0 Å². The summed E-state index contributed by atoms with van der Waals surface area (Å²) in [4.78, 5) is 11.2. The van der Waals surface area contributed by atoms with Crippen LogP contribution in [0.15, 0.2) is 36.4 Å². The number of carboxylic acid groups (broad SMARTS) is 1. The van der Waals surface area contributed by atoms with Gasteiger partial charge in [0.25, 0.3) is 0 Å². The van der Waals surface area contributed by atoms with E-state index in [-0.39, 0.29) is 5.56 Å². The number of aryl methyl sites for hydroxylation is 2. The summed E-state index contributed by atoms with van der Waals surface area (Å²) in [6.45, 7) is 4.40. The molecule has 0 aliphatic rings. The van der Waals surface area contributed by atoms with Crippen molar-refractivity contribution in [2.75, 3.05) is 7.11 Å². The summed E-state index contributed by atoms with van der Waals surface area (Å²) in [5.74, 6) is -0.150. The summed E-state index contributed by atoms with van der Waals surface area (Å²) in [5, 5.41) is 9.19. The minimum Gasteiger partial charge on any atom is -0.497 e. The first kappa shape index (κ1) is 14.9. The van der Waals surface area contributed by atoms with Crippen LogP contribution in [0.2, 0.25) is 0 Å². The number of carboxylic acids is 1. The predicted octanol–water partition coefficient (Wildman–Crippen LogP) is 3.59. The van der Waals surface area contributed by atoms with Crippen LogP contribution in [0.5, 0.6) is 11.5 Å². The van der Waals surface area contributed by atoms with Gasteiger partial charge in [0.2, 0.25) is 0 Å². The van der Waals surface area contributed by atoms with Gasteiger partial charge in [-0.15, -0.1) is 0 Å². The molecule has 4 heteroatoms. The van der Waals surface area contributed by atoms with E-state index in [1.54, 1.807) is 12.1 Å². The summed E-state index contributed by atoms with van der Waals surface area (Å²) in [6.07, 6.45) is 0. The fourth-order valence-corrected chi connectivity index (χ4v) is 1.98. The number of hydrogen-bond donors (Lipinski definition) is 1. The monoisotopic (exact) mass is 286 g/mol. The third kappa shape index (κ3) is 3.54. The van der Waals surface area contributed by atoms with Crippen LogP contribution in [0.25, 0.3) is 0 Å². The molecule has 2 rings (SSSR count). The van der Waals surface area contributed by atoms with E-state index in [1.165, 1.54) is 24.3 Å². The Bertz CT molecular complexity index is 662. The van der Waals surface area contributed by atoms with E-state index in [4.69, 9.17) is 9.47 Å². The van der Waals surface area contributed by atoms with E-state index in [1.807, 2.05) is 32.0 Å². The third-order valence-corrected chi connectivity index (χ3v) is 3.38. The average Bonchev–Trinajstić information content (AvgIpc) is 2.48. The molecule has 0 fully saturated rings. The lowest BCUT2D eigenvalue weighted by molar-refractivity contribution is 0.0691. The van der Waals surface area contributed by atoms with Gasteiger partial charge in [0, 0.05) is 6.07 Å². The minimum atomic E-state index is -1.02. The molecule has 0 unspecified atom stereocenters. The van der Waals surface area contributed by atoms with Crippen molar-refractivity contribution < 1.29 is 19.4 Å². The highest BCUT2D eigenvalue weighted by Gasteiger charge is 2.12. The maximum atomic E-state index is 11.2. The summed E-state index contributed by atoms with van der Waals surface area (Å²) < 4.78 is 10.8. The molecule has 0 saturated carbocycles. The third-order valence-electron chi connectivity index (χ3n) is 3.38. The Morgan fingerprint density at radius 1 is 1.10 bits per heavy atom. The first-order valence-corrected chi connectivity index (χ1v) is 6.61. The smallest absolute Gasteiger partial charge is 0.339 e. The number of hydrogen-bond acceptors (Lipinski definition) is 3. The molecule has 0 heterocycles. The predicted molar refractivity (Wildman–Crippen MR) is 80.2 cm³/mol. The van der Waals surface area contributed by atoms with Crippen molar-refractivity contribution in [1.82, 2.24) is 0 Å². The Kier molecular flexibility index (Phi) is 4.48. The highest BCUT2D eigenvalue weighted by Crippen LogP contribution is 2.26. The number of rotatable bonds is 5. The van der Waals surface area contributed by atoms with Crippen LogP contribution in [0.4, 0.5) is 0 Å². The molecule has 0 bridgehead atoms. The van der Waals surface area contributed by atoms with E-state index >= 15 is 0 Å². The zero-order valence-corrected chi connectivity index (χ0v) is 12.3. The van der Waals surface area contributed by atoms with E-state index < -0.39 is 5.97 Å². The molecule has 2 aromatic carbocycles. The Morgan fingerprint density at radius 3 is 2.48 bits per heavy atom. The van der Waals surface area contributed by atoms with Crippen molar-refractivity contribution in [2.45, 2.75) is 20.5 Å². The first-order valence-electron chi connectivity index (χ1n) is 6.61. The molecular weight excluding hydrogens is 268 g/mol. The Balaban J connectivity index is 2.21. The van der Waals surface area contributed by atoms with Crippen LogP contribution < -0.4 is 9.47 Å². The average molecular weight is 286 g/mol. The molecule has 0 saturated heterocycles. The highest BCUT2D eigenvalue weighted by atomic mass is 16.5. The van der Waals surface area contributed by atoms with Gasteiger partial charge in [-0.25, -0.2) is 4.79 Å². The van der Waals surface area contributed by atoms with Gasteiger partial charge in [0.05, 0.1) is 7.11 Å². The van der Waals surface area contributed by atoms with Crippen LogP contribution in [0.1, 0.15) is 27.0 Å². The largest absolute Gasteiger partial charge is 0.497 e. The van der Waals surface area contributed by atoms with Crippen molar-refractivity contribution in [3.8, 4) is 11.5 Å². The van der Waals surface area contributed by atoms with Gasteiger partial charge in [0.1, 0.15) is 23.7 Å². The Hall–Kier alpha value is -2.49. The van der Waals surface area contributed by atoms with Crippen LogP contribution in [0, 0.1) is 13.8 Å². The van der Waals surface area contributed by atoms with Crippen LogP contribution >= 0.6 is 0 Å². The summed E-state index contributed by atoms with van der Waals surface area (Å²) in [7, 11) is 1.53. The lowest BCUT2D eigenvalue weighted by Crippen LogP contribution is -2.04. The molecule has 4 nitrogen and oxygen atoms in total. The maximum Gasteiger partial charge on any atom is 0.339 e. The molecule has 110 valence electrons. The lowest BCUT2D eigenvalue weighted by Gasteiger charge is -2.11. The molecule has 21 heavy (non-hydrogen) atoms. The van der Waals surface area contributed by atoms with Gasteiger partial charge in [0.15, 0.2) is 0 Å². The molecule has 1 N–H and O–H groups in total. The highest BCUT2D eigenvalue weighted by molar-refractivity contribution is 5.91. The molecule has 0 atom stereocenters. The standard InChI is InChI=1S/C17H18O4/c1-11-4-5-13(8-12(11)2)10-21-16-9-14(20-3)6-7-15(16)17(18)19/h4-9H,10H2,1-3H3,(H,18,19). The Morgan fingerprint density at radius 2 is 1.86 bits per heavy atom. The second kappa shape index (κ2) is 6.31. The van der Waals surface area contributed by atoms with E-state index in [2.05, 4.69) is 0 Å². The minimum absolute atomic E-state index is 0.125. The zero-order chi connectivity index (χ0) is 15.4. The molecule has 0 aromatic heterocycles. The van der Waals surface area contributed by atoms with Crippen molar-refractivity contribution >= 4 is 5.97 Å². The molecule has 0 spiro atoms. The zero-order valence-electron chi connectivity index (χ0n) is 12.3. The van der Waals surface area contributed by atoms with Gasteiger partial charge in [-0.05, 0) is 42.7 Å². The van der Waals surface area contributed by atoms with E-state index in [0.29, 0.717) is 18.1 Å². The van der Waals surface area contributed by atoms with Crippen LogP contribution in [0.3, 0.4) is 0 Å². The fourth-order valence-electron chi connectivity index (χ4n) is 1.98. The Labute approximate surface area is 123 Å². The topological polar surface area (TPSA) is 55.8 Å². The first-order chi connectivity index (χ1) is 10.0. The number of benzene rings is 2. The normalized spacial score (nSPS) is 10.2. The fraction of sp³-hybridized carbons (Fsp3) is 0.235. The van der Waals surface area contributed by atoms with E-state index in [9.17, 15) is 9.90 Å². The van der Waals surface area contributed by atoms with Gasteiger partial charge >= 0.3 is 5.97 Å². The molecular formula is C17H18O4. The molecule has 0 aliphatic carbocycles. The van der Waals surface area contributed by atoms with Gasteiger partial charge in [-0.2, -0.15) is 0 Å². The second-order valence-electron chi connectivity index (χ2n) is 4.87. The van der Waals surface area contributed by atoms with Crippen LogP contribution in [-0.4, -0.2) is 18.2 Å². The summed E-state index contributed by atoms with van der Waals surface area (Å²) >= 11 is 0. The lowest BCUT2D eigenvalue weighted by atomic mass is 10.1. The number of aromatic carboxylic acids is 1. The molecule has 0 radical (unpaired) electrons. The maximum absolute atomic E-state index is 11.2. The van der Waals surface area contributed by atoms with Crippen LogP contribution in [-0.2, 0) is 6.61 Å². The summed E-state index contributed by atoms with van der Waals surface area (Å²) in [5.41, 5.74) is 3.52. The quantitative estimate of drug-likeness (QED) is 0.912. The number of methoxy groups -OCH3 is 1. The summed E-state index contributed by atoms with van der Waals surface area (Å²) in [6, 6.07) is 10.7. The second-order valence-corrected chi connectivity index (χ2v) is 4.87. The van der Waals surface area contributed by atoms with Crippen molar-refractivity contribution in [2.24, 2.45) is 0 Å². The number of carbonyl (C=O) groups is 1. The van der Waals surface area contributed by atoms with Crippen molar-refractivity contribution in [1.29, 1.82) is 0 Å². The van der Waals surface area contributed by atoms with E-state index in [0.717, 1.165) is 5.56 Å². The van der Waals surface area contributed by atoms with Crippen molar-refractivity contribution in [3.05, 3.63) is 58.7 Å². The van der Waals surface area contributed by atoms with Gasteiger partial charge < -0.3 is 14.6 Å². The van der Waals surface area contributed by atoms with Gasteiger partial charge in [-0.1, -0.05) is 18.2 Å². The molecule has 0 amide bonds.